The predicted octanol–water partition coefficient (Wildman–Crippen LogP) is 6.03. The summed E-state index contributed by atoms with van der Waals surface area (Å²) in [5, 5.41) is 9.39. The fourth-order valence-electron chi connectivity index (χ4n) is 3.88. The van der Waals surface area contributed by atoms with Gasteiger partial charge < -0.3 is 19.5 Å². The molecule has 2 aromatic rings. The Hall–Kier alpha value is -2.79. The van der Waals surface area contributed by atoms with Crippen LogP contribution >= 0.6 is 0 Å². The zero-order valence-corrected chi connectivity index (χ0v) is 19.3. The lowest BCUT2D eigenvalue weighted by Gasteiger charge is -2.30. The number of hydrogen-bond acceptors (Lipinski definition) is 4. The summed E-state index contributed by atoms with van der Waals surface area (Å²) in [7, 11) is 0. The van der Waals surface area contributed by atoms with E-state index in [0.29, 0.717) is 18.8 Å². The molecule has 0 unspecified atom stereocenters. The molecule has 1 aliphatic rings. The van der Waals surface area contributed by atoms with Crippen LogP contribution in [-0.2, 0) is 9.53 Å². The van der Waals surface area contributed by atoms with E-state index in [2.05, 4.69) is 30.0 Å². The summed E-state index contributed by atoms with van der Waals surface area (Å²) in [6.45, 7) is 7.74. The molecule has 3 rings (SSSR count). The molecule has 1 saturated heterocycles. The first kappa shape index (κ1) is 23.9. The molecule has 5 heteroatoms. The number of carboxylic acid groups (broad SMARTS) is 1. The van der Waals surface area contributed by atoms with Gasteiger partial charge in [0.25, 0.3) is 0 Å². The molecule has 172 valence electrons. The first-order chi connectivity index (χ1) is 15.6. The molecule has 1 N–H and O–H groups in total. The first-order valence-electron chi connectivity index (χ1n) is 11.7. The lowest BCUT2D eigenvalue weighted by molar-refractivity contribution is -0.132. The number of anilines is 1. The molecular formula is C27H35NO4. The summed E-state index contributed by atoms with van der Waals surface area (Å²) in [6, 6.07) is 14.4. The van der Waals surface area contributed by atoms with Crippen LogP contribution in [0.4, 0.5) is 5.69 Å². The maximum atomic E-state index is 11.4. The van der Waals surface area contributed by atoms with Gasteiger partial charge in [-0.25, -0.2) is 4.79 Å². The van der Waals surface area contributed by atoms with Crippen molar-refractivity contribution < 1.29 is 19.4 Å². The second-order valence-corrected chi connectivity index (χ2v) is 8.29. The highest BCUT2D eigenvalue weighted by Crippen LogP contribution is 2.32. The van der Waals surface area contributed by atoms with Gasteiger partial charge in [-0.1, -0.05) is 31.5 Å². The second-order valence-electron chi connectivity index (χ2n) is 8.29. The van der Waals surface area contributed by atoms with E-state index in [-0.39, 0.29) is 0 Å². The number of carboxylic acids is 1. The molecule has 0 atom stereocenters. The van der Waals surface area contributed by atoms with Crippen molar-refractivity contribution in [3.63, 3.8) is 0 Å². The Morgan fingerprint density at radius 1 is 1.00 bits per heavy atom. The number of aliphatic carboxylic acids is 1. The van der Waals surface area contributed by atoms with Crippen LogP contribution < -0.4 is 9.64 Å². The summed E-state index contributed by atoms with van der Waals surface area (Å²) in [4.78, 5) is 13.8. The highest BCUT2D eigenvalue weighted by molar-refractivity contribution is 5.93. The molecule has 0 bridgehead atoms. The quantitative estimate of drug-likeness (QED) is 0.344. The maximum Gasteiger partial charge on any atom is 0.331 e. The third-order valence-electron chi connectivity index (χ3n) is 5.76. The van der Waals surface area contributed by atoms with E-state index in [1.807, 2.05) is 24.3 Å². The van der Waals surface area contributed by atoms with Crippen molar-refractivity contribution in [3.8, 4) is 16.9 Å². The third-order valence-corrected chi connectivity index (χ3v) is 5.76. The lowest BCUT2D eigenvalue weighted by atomic mass is 9.99. The van der Waals surface area contributed by atoms with E-state index in [1.54, 1.807) is 13.0 Å². The van der Waals surface area contributed by atoms with Gasteiger partial charge in [-0.2, -0.15) is 0 Å². The Morgan fingerprint density at radius 2 is 1.72 bits per heavy atom. The van der Waals surface area contributed by atoms with Gasteiger partial charge in [-0.15, -0.1) is 0 Å². The van der Waals surface area contributed by atoms with E-state index in [9.17, 15) is 9.90 Å². The van der Waals surface area contributed by atoms with Gasteiger partial charge >= 0.3 is 5.97 Å². The number of piperidine rings is 1. The van der Waals surface area contributed by atoms with Crippen LogP contribution in [0.5, 0.6) is 5.75 Å². The van der Waals surface area contributed by atoms with Crippen LogP contribution in [0.2, 0.25) is 0 Å². The number of ether oxygens (including phenoxy) is 2. The standard InChI is InChI=1S/C27H35NO4/c1-3-4-16-31-17-18-32-25-11-8-22(9-12-25)23-10-13-26(28-14-6-5-7-15-28)24(20-23)19-21(2)27(29)30/h8-13,19-20H,3-7,14-18H2,1-2H3,(H,29,30)/b21-19+. The molecule has 0 aromatic heterocycles. The zero-order valence-electron chi connectivity index (χ0n) is 19.3. The molecule has 1 fully saturated rings. The van der Waals surface area contributed by atoms with Gasteiger partial charge in [0.1, 0.15) is 12.4 Å². The minimum absolute atomic E-state index is 0.338. The van der Waals surface area contributed by atoms with Crippen LogP contribution in [0.25, 0.3) is 17.2 Å². The molecule has 0 amide bonds. The van der Waals surface area contributed by atoms with Gasteiger partial charge in [-0.05, 0) is 79.6 Å². The number of carbonyl (C=O) groups is 1. The molecule has 0 saturated carbocycles. The molecule has 0 spiro atoms. The highest BCUT2D eigenvalue weighted by Gasteiger charge is 2.15. The minimum atomic E-state index is -0.889. The van der Waals surface area contributed by atoms with Gasteiger partial charge in [0, 0.05) is 31.0 Å². The average molecular weight is 438 g/mol. The SMILES string of the molecule is CCCCOCCOc1ccc(-c2ccc(N3CCCCC3)c(/C=C(\C)C(=O)O)c2)cc1. The van der Waals surface area contributed by atoms with E-state index < -0.39 is 5.97 Å². The maximum absolute atomic E-state index is 11.4. The van der Waals surface area contributed by atoms with Crippen molar-refractivity contribution in [2.45, 2.75) is 46.0 Å². The molecular weight excluding hydrogens is 402 g/mol. The molecule has 32 heavy (non-hydrogen) atoms. The summed E-state index contributed by atoms with van der Waals surface area (Å²) in [5.74, 6) is -0.0696. The summed E-state index contributed by atoms with van der Waals surface area (Å²) in [6.07, 6.45) is 7.60. The van der Waals surface area contributed by atoms with Gasteiger partial charge in [-0.3, -0.25) is 0 Å². The van der Waals surface area contributed by atoms with Crippen LogP contribution in [-0.4, -0.2) is 44.0 Å². The van der Waals surface area contributed by atoms with Crippen molar-refractivity contribution in [1.82, 2.24) is 0 Å². The number of unbranched alkanes of at least 4 members (excludes halogenated alkanes) is 1. The Labute approximate surface area is 191 Å². The minimum Gasteiger partial charge on any atom is -0.491 e. The van der Waals surface area contributed by atoms with E-state index in [1.165, 1.54) is 19.3 Å². The smallest absolute Gasteiger partial charge is 0.331 e. The first-order valence-corrected chi connectivity index (χ1v) is 11.7. The highest BCUT2D eigenvalue weighted by atomic mass is 16.5. The molecule has 1 heterocycles. The van der Waals surface area contributed by atoms with Crippen molar-refractivity contribution >= 4 is 17.7 Å². The second kappa shape index (κ2) is 12.3. The largest absolute Gasteiger partial charge is 0.491 e. The average Bonchev–Trinajstić information content (AvgIpc) is 2.82. The van der Waals surface area contributed by atoms with Crippen molar-refractivity contribution in [2.75, 3.05) is 37.8 Å². The fraction of sp³-hybridized carbons (Fsp3) is 0.444. The predicted molar refractivity (Wildman–Crippen MR) is 130 cm³/mol. The van der Waals surface area contributed by atoms with Crippen molar-refractivity contribution in [2.24, 2.45) is 0 Å². The number of hydrogen-bond donors (Lipinski definition) is 1. The molecule has 5 nitrogen and oxygen atoms in total. The monoisotopic (exact) mass is 437 g/mol. The fourth-order valence-corrected chi connectivity index (χ4v) is 3.88. The number of nitrogens with zero attached hydrogens (tertiary/aromatic N) is 1. The van der Waals surface area contributed by atoms with Crippen LogP contribution in [0.1, 0.15) is 51.5 Å². The van der Waals surface area contributed by atoms with E-state index in [0.717, 1.165) is 60.7 Å². The van der Waals surface area contributed by atoms with Crippen LogP contribution in [0, 0.1) is 0 Å². The Balaban J connectivity index is 1.74. The summed E-state index contributed by atoms with van der Waals surface area (Å²) < 4.78 is 11.3. The molecule has 2 aromatic carbocycles. The van der Waals surface area contributed by atoms with Gasteiger partial charge in [0.15, 0.2) is 0 Å². The van der Waals surface area contributed by atoms with E-state index >= 15 is 0 Å². The van der Waals surface area contributed by atoms with Crippen molar-refractivity contribution in [1.29, 1.82) is 0 Å². The third kappa shape index (κ3) is 6.86. The summed E-state index contributed by atoms with van der Waals surface area (Å²) >= 11 is 0. The van der Waals surface area contributed by atoms with Gasteiger partial charge in [0.05, 0.1) is 6.61 Å². The molecule has 1 aliphatic heterocycles. The normalized spacial score (nSPS) is 14.4. The Morgan fingerprint density at radius 3 is 2.41 bits per heavy atom. The zero-order chi connectivity index (χ0) is 22.8. The Bertz CT molecular complexity index is 898. The van der Waals surface area contributed by atoms with Crippen LogP contribution in [0.15, 0.2) is 48.0 Å². The topological polar surface area (TPSA) is 59.0 Å². The Kier molecular flexibility index (Phi) is 9.17. The molecule has 0 aliphatic carbocycles. The van der Waals surface area contributed by atoms with Crippen molar-refractivity contribution in [3.05, 3.63) is 53.6 Å². The number of rotatable bonds is 11. The van der Waals surface area contributed by atoms with Gasteiger partial charge in [0.2, 0.25) is 0 Å². The molecule has 0 radical (unpaired) electrons. The van der Waals surface area contributed by atoms with Crippen LogP contribution in [0.3, 0.4) is 0 Å². The number of benzene rings is 2. The lowest BCUT2D eigenvalue weighted by Crippen LogP contribution is -2.29. The summed E-state index contributed by atoms with van der Waals surface area (Å²) in [5.41, 5.74) is 4.53. The van der Waals surface area contributed by atoms with E-state index in [4.69, 9.17) is 9.47 Å².